The molecule has 0 unspecified atom stereocenters. The quantitative estimate of drug-likeness (QED) is 0.886. The van der Waals surface area contributed by atoms with Crippen LogP contribution in [0.5, 0.6) is 11.5 Å². The van der Waals surface area contributed by atoms with Gasteiger partial charge < -0.3 is 14.6 Å². The highest BCUT2D eigenvalue weighted by molar-refractivity contribution is 7.09. The molecule has 0 bridgehead atoms. The first-order valence-electron chi connectivity index (χ1n) is 5.27. The maximum Gasteiger partial charge on any atom is 0.167 e. The Morgan fingerprint density at radius 1 is 1.24 bits per heavy atom. The van der Waals surface area contributed by atoms with Crippen molar-refractivity contribution in [1.82, 2.24) is 0 Å². The third-order valence-electron chi connectivity index (χ3n) is 2.39. The molecule has 0 aliphatic heterocycles. The molecule has 2 aromatic rings. The minimum absolute atomic E-state index is 0.0586. The summed E-state index contributed by atoms with van der Waals surface area (Å²) in [5, 5.41) is 11.3. The van der Waals surface area contributed by atoms with Gasteiger partial charge in [-0.1, -0.05) is 18.2 Å². The van der Waals surface area contributed by atoms with Crippen molar-refractivity contribution in [3.8, 4) is 11.5 Å². The Labute approximate surface area is 104 Å². The molecule has 90 valence electrons. The second-order valence-corrected chi connectivity index (χ2v) is 4.51. The first-order valence-corrected chi connectivity index (χ1v) is 6.15. The van der Waals surface area contributed by atoms with Crippen LogP contribution in [0, 0.1) is 0 Å². The number of thiophene rings is 1. The topological polar surface area (TPSA) is 38.7 Å². The molecule has 4 heteroatoms. The zero-order valence-electron chi connectivity index (χ0n) is 9.55. The van der Waals surface area contributed by atoms with E-state index in [1.54, 1.807) is 18.4 Å². The molecule has 1 N–H and O–H groups in total. The number of aliphatic hydroxyl groups excluding tert-OH is 1. The van der Waals surface area contributed by atoms with Gasteiger partial charge in [0.15, 0.2) is 11.5 Å². The molecule has 1 aromatic heterocycles. The van der Waals surface area contributed by atoms with Gasteiger partial charge in [0.05, 0.1) is 13.7 Å². The van der Waals surface area contributed by atoms with Crippen LogP contribution in [0.2, 0.25) is 0 Å². The van der Waals surface area contributed by atoms with Gasteiger partial charge in [0, 0.05) is 10.4 Å². The second-order valence-electron chi connectivity index (χ2n) is 3.47. The number of para-hydroxylation sites is 1. The van der Waals surface area contributed by atoms with Gasteiger partial charge in [-0.25, -0.2) is 0 Å². The lowest BCUT2D eigenvalue weighted by Crippen LogP contribution is -2.00. The molecule has 0 saturated carbocycles. The fourth-order valence-corrected chi connectivity index (χ4v) is 2.16. The summed E-state index contributed by atoms with van der Waals surface area (Å²) >= 11 is 1.64. The van der Waals surface area contributed by atoms with Gasteiger partial charge in [0.25, 0.3) is 0 Å². The third kappa shape index (κ3) is 2.78. The molecule has 0 fully saturated rings. The molecule has 1 heterocycles. The predicted molar refractivity (Wildman–Crippen MR) is 67.6 cm³/mol. The van der Waals surface area contributed by atoms with E-state index in [1.807, 2.05) is 35.7 Å². The number of hydrogen-bond acceptors (Lipinski definition) is 4. The van der Waals surface area contributed by atoms with E-state index in [9.17, 15) is 5.11 Å². The molecule has 17 heavy (non-hydrogen) atoms. The molecule has 0 aliphatic rings. The molecular weight excluding hydrogens is 236 g/mol. The van der Waals surface area contributed by atoms with Crippen LogP contribution in [0.3, 0.4) is 0 Å². The monoisotopic (exact) mass is 250 g/mol. The van der Waals surface area contributed by atoms with Crippen LogP contribution in [0.15, 0.2) is 35.7 Å². The Bertz CT molecular complexity index is 443. The molecule has 3 nitrogen and oxygen atoms in total. The molecule has 1 aromatic carbocycles. The van der Waals surface area contributed by atoms with Crippen molar-refractivity contribution in [1.29, 1.82) is 0 Å². The fraction of sp³-hybridized carbons (Fsp3) is 0.231. The van der Waals surface area contributed by atoms with Crippen LogP contribution in [0.4, 0.5) is 0 Å². The molecule has 0 atom stereocenters. The lowest BCUT2D eigenvalue weighted by molar-refractivity contribution is 0.251. The van der Waals surface area contributed by atoms with Crippen molar-refractivity contribution in [3.05, 3.63) is 46.2 Å². The second kappa shape index (κ2) is 5.70. The van der Waals surface area contributed by atoms with Crippen molar-refractivity contribution in [2.45, 2.75) is 13.2 Å². The first-order chi connectivity index (χ1) is 8.35. The first kappa shape index (κ1) is 12.0. The Hall–Kier alpha value is -1.52. The summed E-state index contributed by atoms with van der Waals surface area (Å²) in [5.41, 5.74) is 0.737. The Morgan fingerprint density at radius 3 is 2.76 bits per heavy atom. The molecule has 2 rings (SSSR count). The Balaban J connectivity index is 2.18. The SMILES string of the molecule is COc1cccc(CO)c1OCc1cccs1. The predicted octanol–water partition coefficient (Wildman–Crippen LogP) is 2.83. The number of benzene rings is 1. The number of aliphatic hydroxyl groups is 1. The summed E-state index contributed by atoms with van der Waals surface area (Å²) < 4.78 is 10.9. The van der Waals surface area contributed by atoms with Crippen LogP contribution in [0.25, 0.3) is 0 Å². The zero-order valence-corrected chi connectivity index (χ0v) is 10.4. The van der Waals surface area contributed by atoms with Gasteiger partial charge in [-0.15, -0.1) is 11.3 Å². The van der Waals surface area contributed by atoms with Crippen LogP contribution in [-0.4, -0.2) is 12.2 Å². The fourth-order valence-electron chi connectivity index (χ4n) is 1.55. The molecule has 0 amide bonds. The molecular formula is C13H14O3S. The average Bonchev–Trinajstić information content (AvgIpc) is 2.88. The minimum atomic E-state index is -0.0586. The van der Waals surface area contributed by atoms with Crippen LogP contribution < -0.4 is 9.47 Å². The molecule has 0 saturated heterocycles. The molecule has 0 radical (unpaired) electrons. The zero-order chi connectivity index (χ0) is 12.1. The molecule has 0 aliphatic carbocycles. The highest BCUT2D eigenvalue weighted by Gasteiger charge is 2.10. The normalized spacial score (nSPS) is 10.2. The summed E-state index contributed by atoms with van der Waals surface area (Å²) in [7, 11) is 1.59. The summed E-state index contributed by atoms with van der Waals surface area (Å²) in [6.07, 6.45) is 0. The van der Waals surface area contributed by atoms with E-state index in [0.29, 0.717) is 18.1 Å². The van der Waals surface area contributed by atoms with Crippen LogP contribution in [0.1, 0.15) is 10.4 Å². The van der Waals surface area contributed by atoms with E-state index >= 15 is 0 Å². The van der Waals surface area contributed by atoms with E-state index in [4.69, 9.17) is 9.47 Å². The summed E-state index contributed by atoms with van der Waals surface area (Å²) in [4.78, 5) is 1.14. The highest BCUT2D eigenvalue weighted by Crippen LogP contribution is 2.32. The number of hydrogen-bond donors (Lipinski definition) is 1. The van der Waals surface area contributed by atoms with Crippen molar-refractivity contribution in [2.75, 3.05) is 7.11 Å². The van der Waals surface area contributed by atoms with Gasteiger partial charge >= 0.3 is 0 Å². The standard InChI is InChI=1S/C13H14O3S/c1-15-12-6-2-4-10(8-14)13(12)16-9-11-5-3-7-17-11/h2-7,14H,8-9H2,1H3. The number of rotatable bonds is 5. The van der Waals surface area contributed by atoms with Gasteiger partial charge in [-0.3, -0.25) is 0 Å². The summed E-state index contributed by atoms with van der Waals surface area (Å²) in [6.45, 7) is 0.433. The Kier molecular flexibility index (Phi) is 4.01. The largest absolute Gasteiger partial charge is 0.493 e. The van der Waals surface area contributed by atoms with Gasteiger partial charge in [0.2, 0.25) is 0 Å². The van der Waals surface area contributed by atoms with Crippen LogP contribution in [-0.2, 0) is 13.2 Å². The molecule has 0 spiro atoms. The average molecular weight is 250 g/mol. The van der Waals surface area contributed by atoms with Gasteiger partial charge in [-0.05, 0) is 17.5 Å². The van der Waals surface area contributed by atoms with Crippen molar-refractivity contribution in [3.63, 3.8) is 0 Å². The summed E-state index contributed by atoms with van der Waals surface area (Å²) in [5.74, 6) is 1.26. The van der Waals surface area contributed by atoms with Crippen molar-refractivity contribution in [2.24, 2.45) is 0 Å². The van der Waals surface area contributed by atoms with E-state index in [2.05, 4.69) is 0 Å². The highest BCUT2D eigenvalue weighted by atomic mass is 32.1. The number of ether oxygens (including phenoxy) is 2. The van der Waals surface area contributed by atoms with E-state index in [0.717, 1.165) is 10.4 Å². The lowest BCUT2D eigenvalue weighted by Gasteiger charge is -2.13. The summed E-state index contributed by atoms with van der Waals surface area (Å²) in [6, 6.07) is 9.48. The lowest BCUT2D eigenvalue weighted by atomic mass is 10.2. The number of methoxy groups -OCH3 is 1. The Morgan fingerprint density at radius 2 is 2.12 bits per heavy atom. The van der Waals surface area contributed by atoms with Gasteiger partial charge in [-0.2, -0.15) is 0 Å². The maximum absolute atomic E-state index is 9.26. The van der Waals surface area contributed by atoms with E-state index < -0.39 is 0 Å². The van der Waals surface area contributed by atoms with Crippen molar-refractivity contribution >= 4 is 11.3 Å². The van der Waals surface area contributed by atoms with Gasteiger partial charge in [0.1, 0.15) is 6.61 Å². The van der Waals surface area contributed by atoms with Crippen LogP contribution >= 0.6 is 11.3 Å². The maximum atomic E-state index is 9.26. The van der Waals surface area contributed by atoms with E-state index in [-0.39, 0.29) is 6.61 Å². The minimum Gasteiger partial charge on any atom is -0.493 e. The smallest absolute Gasteiger partial charge is 0.167 e. The third-order valence-corrected chi connectivity index (χ3v) is 3.24. The van der Waals surface area contributed by atoms with E-state index in [1.165, 1.54) is 0 Å². The van der Waals surface area contributed by atoms with Crippen molar-refractivity contribution < 1.29 is 14.6 Å².